The van der Waals surface area contributed by atoms with Gasteiger partial charge in [-0.15, -0.1) is 0 Å². The van der Waals surface area contributed by atoms with E-state index in [1.807, 2.05) is 30.5 Å². The van der Waals surface area contributed by atoms with Crippen LogP contribution in [0.1, 0.15) is 30.3 Å². The van der Waals surface area contributed by atoms with Gasteiger partial charge in [-0.2, -0.15) is 5.26 Å². The summed E-state index contributed by atoms with van der Waals surface area (Å²) in [7, 11) is 0. The van der Waals surface area contributed by atoms with Crippen LogP contribution in [0, 0.1) is 11.3 Å². The van der Waals surface area contributed by atoms with Gasteiger partial charge in [0, 0.05) is 24.9 Å². The molecule has 1 atom stereocenters. The summed E-state index contributed by atoms with van der Waals surface area (Å²) in [5.74, 6) is 0.974. The first kappa shape index (κ1) is 13.3. The fraction of sp³-hybridized carbons (Fsp3) is 0.333. The van der Waals surface area contributed by atoms with Crippen molar-refractivity contribution in [3.63, 3.8) is 0 Å². The Hall–Kier alpha value is -2.12. The lowest BCUT2D eigenvalue weighted by atomic mass is 10.1. The van der Waals surface area contributed by atoms with Crippen LogP contribution in [0.15, 0.2) is 36.7 Å². The maximum absolute atomic E-state index is 9.10. The fourth-order valence-corrected chi connectivity index (χ4v) is 2.00. The number of hydrogen-bond acceptors (Lipinski definition) is 3. The second-order valence-electron chi connectivity index (χ2n) is 4.61. The Morgan fingerprint density at radius 3 is 2.95 bits per heavy atom. The van der Waals surface area contributed by atoms with Crippen LogP contribution in [0.4, 0.5) is 0 Å². The largest absolute Gasteiger partial charge is 0.330 e. The van der Waals surface area contributed by atoms with Gasteiger partial charge in [-0.1, -0.05) is 25.1 Å². The number of hydrogen-bond donors (Lipinski definition) is 1. The number of nitriles is 1. The van der Waals surface area contributed by atoms with Crippen LogP contribution in [0.25, 0.3) is 0 Å². The Kier molecular flexibility index (Phi) is 4.32. The fourth-order valence-electron chi connectivity index (χ4n) is 2.00. The molecule has 2 aromatic rings. The lowest BCUT2D eigenvalue weighted by Gasteiger charge is -2.12. The number of nitrogens with zero attached hydrogens (tertiary/aromatic N) is 3. The highest BCUT2D eigenvalue weighted by atomic mass is 15.1. The molecule has 0 radical (unpaired) electrons. The predicted molar refractivity (Wildman–Crippen MR) is 74.5 cm³/mol. The molecule has 98 valence electrons. The third kappa shape index (κ3) is 3.21. The summed E-state index contributed by atoms with van der Waals surface area (Å²) in [5, 5.41) is 9.10. The topological polar surface area (TPSA) is 67.6 Å². The van der Waals surface area contributed by atoms with Gasteiger partial charge in [0.2, 0.25) is 0 Å². The zero-order valence-electron chi connectivity index (χ0n) is 11.1. The number of rotatable bonds is 5. The van der Waals surface area contributed by atoms with Gasteiger partial charge in [-0.25, -0.2) is 4.98 Å². The van der Waals surface area contributed by atoms with E-state index in [4.69, 9.17) is 11.0 Å². The van der Waals surface area contributed by atoms with Crippen LogP contribution in [0.5, 0.6) is 0 Å². The smallest absolute Gasteiger partial charge is 0.110 e. The summed E-state index contributed by atoms with van der Waals surface area (Å²) in [4.78, 5) is 4.36. The average Bonchev–Trinajstić information content (AvgIpc) is 2.86. The minimum atomic E-state index is 0.132. The van der Waals surface area contributed by atoms with E-state index >= 15 is 0 Å². The van der Waals surface area contributed by atoms with E-state index in [9.17, 15) is 0 Å². The summed E-state index contributed by atoms with van der Waals surface area (Å²) in [6, 6.07) is 9.99. The molecule has 0 fully saturated rings. The van der Waals surface area contributed by atoms with Crippen LogP contribution >= 0.6 is 0 Å². The second kappa shape index (κ2) is 6.17. The molecular formula is C15H18N4. The Labute approximate surface area is 113 Å². The van der Waals surface area contributed by atoms with Crippen LogP contribution in [0.2, 0.25) is 0 Å². The van der Waals surface area contributed by atoms with Crippen molar-refractivity contribution in [2.45, 2.75) is 32.4 Å². The van der Waals surface area contributed by atoms with Crippen molar-refractivity contribution in [3.8, 4) is 6.07 Å². The van der Waals surface area contributed by atoms with Gasteiger partial charge in [0.05, 0.1) is 18.2 Å². The van der Waals surface area contributed by atoms with Crippen molar-refractivity contribution in [2.75, 3.05) is 0 Å². The number of imidazole rings is 1. The standard InChI is InChI=1S/C15H18N4/c1-2-14(17)9-15-18-7-8-19(15)11-13-6-4-3-5-12(13)10-16/h3-8,14H,2,9,11,17H2,1H3. The molecule has 0 aliphatic rings. The number of aromatic nitrogens is 2. The number of benzene rings is 1. The molecule has 2 rings (SSSR count). The Morgan fingerprint density at radius 1 is 1.42 bits per heavy atom. The first-order valence-corrected chi connectivity index (χ1v) is 6.48. The van der Waals surface area contributed by atoms with Crippen molar-refractivity contribution < 1.29 is 0 Å². The van der Waals surface area contributed by atoms with E-state index < -0.39 is 0 Å². The normalized spacial score (nSPS) is 12.1. The molecule has 19 heavy (non-hydrogen) atoms. The van der Waals surface area contributed by atoms with Gasteiger partial charge in [0.1, 0.15) is 5.82 Å². The maximum atomic E-state index is 9.10. The lowest BCUT2D eigenvalue weighted by molar-refractivity contribution is 0.597. The average molecular weight is 254 g/mol. The van der Waals surface area contributed by atoms with Crippen LogP contribution in [-0.4, -0.2) is 15.6 Å². The van der Waals surface area contributed by atoms with Crippen molar-refractivity contribution in [3.05, 3.63) is 53.6 Å². The molecule has 0 saturated heterocycles. The molecule has 0 aliphatic heterocycles. The first-order chi connectivity index (χ1) is 9.24. The Bertz CT molecular complexity index is 580. The van der Waals surface area contributed by atoms with Crippen molar-refractivity contribution in [2.24, 2.45) is 5.73 Å². The van der Waals surface area contributed by atoms with E-state index in [0.29, 0.717) is 12.1 Å². The summed E-state index contributed by atoms with van der Waals surface area (Å²) < 4.78 is 2.06. The van der Waals surface area contributed by atoms with Gasteiger partial charge >= 0.3 is 0 Å². The molecule has 1 unspecified atom stereocenters. The van der Waals surface area contributed by atoms with Gasteiger partial charge in [-0.3, -0.25) is 0 Å². The Balaban J connectivity index is 2.20. The maximum Gasteiger partial charge on any atom is 0.110 e. The molecule has 1 aromatic carbocycles. The summed E-state index contributed by atoms with van der Waals surface area (Å²) >= 11 is 0. The molecule has 1 aromatic heterocycles. The number of nitrogens with two attached hydrogens (primary N) is 1. The Morgan fingerprint density at radius 2 is 2.21 bits per heavy atom. The van der Waals surface area contributed by atoms with Crippen molar-refractivity contribution >= 4 is 0 Å². The van der Waals surface area contributed by atoms with Crippen LogP contribution in [0.3, 0.4) is 0 Å². The third-order valence-corrected chi connectivity index (χ3v) is 3.25. The molecule has 1 heterocycles. The summed E-state index contributed by atoms with van der Waals surface area (Å²) in [6.45, 7) is 2.73. The van der Waals surface area contributed by atoms with Gasteiger partial charge in [0.15, 0.2) is 0 Å². The molecule has 0 bridgehead atoms. The molecule has 4 nitrogen and oxygen atoms in total. The summed E-state index contributed by atoms with van der Waals surface area (Å²) in [6.07, 6.45) is 5.42. The quantitative estimate of drug-likeness (QED) is 0.888. The minimum absolute atomic E-state index is 0.132. The third-order valence-electron chi connectivity index (χ3n) is 3.25. The van der Waals surface area contributed by atoms with E-state index in [2.05, 4.69) is 22.5 Å². The minimum Gasteiger partial charge on any atom is -0.330 e. The second-order valence-corrected chi connectivity index (χ2v) is 4.61. The highest BCUT2D eigenvalue weighted by Crippen LogP contribution is 2.12. The van der Waals surface area contributed by atoms with Crippen LogP contribution < -0.4 is 5.73 Å². The van der Waals surface area contributed by atoms with Crippen molar-refractivity contribution in [1.82, 2.24) is 9.55 Å². The molecule has 0 spiro atoms. The highest BCUT2D eigenvalue weighted by Gasteiger charge is 2.09. The molecule has 0 amide bonds. The van der Waals surface area contributed by atoms with Crippen LogP contribution in [-0.2, 0) is 13.0 Å². The predicted octanol–water partition coefficient (Wildman–Crippen LogP) is 2.08. The molecule has 4 heteroatoms. The zero-order chi connectivity index (χ0) is 13.7. The molecule has 0 saturated carbocycles. The van der Waals surface area contributed by atoms with Gasteiger partial charge in [-0.05, 0) is 18.1 Å². The van der Waals surface area contributed by atoms with E-state index in [1.165, 1.54) is 0 Å². The SMILES string of the molecule is CCC(N)Cc1nccn1Cc1ccccc1C#N. The van der Waals surface area contributed by atoms with E-state index in [0.717, 1.165) is 24.2 Å². The zero-order valence-corrected chi connectivity index (χ0v) is 11.1. The van der Waals surface area contributed by atoms with Crippen molar-refractivity contribution in [1.29, 1.82) is 5.26 Å². The highest BCUT2D eigenvalue weighted by molar-refractivity contribution is 5.37. The van der Waals surface area contributed by atoms with Gasteiger partial charge in [0.25, 0.3) is 0 Å². The monoisotopic (exact) mass is 254 g/mol. The van der Waals surface area contributed by atoms with Gasteiger partial charge < -0.3 is 10.3 Å². The molecule has 2 N–H and O–H groups in total. The molecule has 0 aliphatic carbocycles. The summed E-state index contributed by atoms with van der Waals surface area (Å²) in [5.41, 5.74) is 7.70. The van der Waals surface area contributed by atoms with E-state index in [1.54, 1.807) is 6.20 Å². The molecular weight excluding hydrogens is 236 g/mol. The first-order valence-electron chi connectivity index (χ1n) is 6.48. The van der Waals surface area contributed by atoms with E-state index in [-0.39, 0.29) is 6.04 Å². The lowest BCUT2D eigenvalue weighted by Crippen LogP contribution is -2.23.